The van der Waals surface area contributed by atoms with Crippen LogP contribution in [-0.4, -0.2) is 30.3 Å². The number of rotatable bonds is 5. The molecule has 4 nitrogen and oxygen atoms in total. The molecule has 88 valence electrons. The second kappa shape index (κ2) is 6.45. The molecule has 0 bridgehead atoms. The molecule has 15 heavy (non-hydrogen) atoms. The molecule has 0 fully saturated rings. The van der Waals surface area contributed by atoms with E-state index in [2.05, 4.69) is 12.0 Å². The molecule has 1 N–H and O–H groups in total. The normalized spacial score (nSPS) is 10.9. The lowest BCUT2D eigenvalue weighted by atomic mass is 10.2. The van der Waals surface area contributed by atoms with Gasteiger partial charge in [0.05, 0.1) is 0 Å². The molecule has 0 aromatic carbocycles. The summed E-state index contributed by atoms with van der Waals surface area (Å²) in [5.74, 6) is 0. The molecule has 0 aliphatic carbocycles. The van der Waals surface area contributed by atoms with Gasteiger partial charge in [0, 0.05) is 13.6 Å². The summed E-state index contributed by atoms with van der Waals surface area (Å²) in [7, 11) is 1.65. The minimum atomic E-state index is -0.450. The zero-order valence-electron chi connectivity index (χ0n) is 10.2. The van der Waals surface area contributed by atoms with Crippen LogP contribution in [0.15, 0.2) is 12.7 Å². The van der Waals surface area contributed by atoms with E-state index in [4.69, 9.17) is 4.74 Å². The number of allylic oxidation sites excluding steroid dienone is 1. The number of carbonyl (C=O) groups excluding carboxylic acids is 1. The van der Waals surface area contributed by atoms with E-state index in [0.29, 0.717) is 0 Å². The van der Waals surface area contributed by atoms with Gasteiger partial charge >= 0.3 is 6.09 Å². The zero-order valence-corrected chi connectivity index (χ0v) is 10.2. The van der Waals surface area contributed by atoms with Gasteiger partial charge in [-0.1, -0.05) is 6.08 Å². The lowest BCUT2D eigenvalue weighted by Gasteiger charge is -2.24. The van der Waals surface area contributed by atoms with Gasteiger partial charge in [0.15, 0.2) is 0 Å². The van der Waals surface area contributed by atoms with Crippen molar-refractivity contribution >= 4 is 6.09 Å². The minimum absolute atomic E-state index is 0.360. The molecule has 0 aliphatic rings. The lowest BCUT2D eigenvalue weighted by Crippen LogP contribution is -2.43. The number of amides is 1. The molecule has 0 aromatic rings. The van der Waals surface area contributed by atoms with Crippen LogP contribution >= 0.6 is 0 Å². The van der Waals surface area contributed by atoms with Crippen molar-refractivity contribution in [3.63, 3.8) is 0 Å². The number of carbonyl (C=O) groups is 1. The van der Waals surface area contributed by atoms with Gasteiger partial charge in [0.25, 0.3) is 0 Å². The monoisotopic (exact) mass is 214 g/mol. The van der Waals surface area contributed by atoms with Gasteiger partial charge in [-0.05, 0) is 33.6 Å². The third-order valence-corrected chi connectivity index (χ3v) is 1.60. The Kier molecular flexibility index (Phi) is 6.01. The third kappa shape index (κ3) is 8.00. The van der Waals surface area contributed by atoms with Crippen molar-refractivity contribution in [3.05, 3.63) is 12.7 Å². The largest absolute Gasteiger partial charge is 0.443 e. The Labute approximate surface area is 92.3 Å². The molecular formula is C11H22N2O2. The molecular weight excluding hydrogens is 192 g/mol. The van der Waals surface area contributed by atoms with Crippen LogP contribution in [0, 0.1) is 0 Å². The standard InChI is InChI=1S/C11H22N2O2/c1-6-7-8-9-12-13(5)10(14)15-11(2,3)4/h6,12H,1,7-9H2,2-5H3. The molecule has 4 heteroatoms. The Hall–Kier alpha value is -1.03. The molecule has 0 aromatic heterocycles. The van der Waals surface area contributed by atoms with Crippen LogP contribution in [0.1, 0.15) is 33.6 Å². The fourth-order valence-corrected chi connectivity index (χ4v) is 0.888. The smallest absolute Gasteiger partial charge is 0.424 e. The Morgan fingerprint density at radius 2 is 2.13 bits per heavy atom. The lowest BCUT2D eigenvalue weighted by molar-refractivity contribution is 0.0202. The number of hydrazine groups is 1. The summed E-state index contributed by atoms with van der Waals surface area (Å²) in [4.78, 5) is 11.4. The van der Waals surface area contributed by atoms with Gasteiger partial charge in [-0.25, -0.2) is 15.2 Å². The summed E-state index contributed by atoms with van der Waals surface area (Å²) in [6, 6.07) is 0. The topological polar surface area (TPSA) is 41.6 Å². The summed E-state index contributed by atoms with van der Waals surface area (Å²) >= 11 is 0. The molecule has 0 atom stereocenters. The highest BCUT2D eigenvalue weighted by Gasteiger charge is 2.18. The molecule has 0 saturated heterocycles. The minimum Gasteiger partial charge on any atom is -0.443 e. The van der Waals surface area contributed by atoms with Crippen LogP contribution in [-0.2, 0) is 4.74 Å². The molecule has 0 aliphatic heterocycles. The van der Waals surface area contributed by atoms with Crippen LogP contribution in [0.2, 0.25) is 0 Å². The second-order valence-corrected chi connectivity index (χ2v) is 4.38. The van der Waals surface area contributed by atoms with Crippen LogP contribution in [0.3, 0.4) is 0 Å². The summed E-state index contributed by atoms with van der Waals surface area (Å²) in [5.41, 5.74) is 2.50. The fraction of sp³-hybridized carbons (Fsp3) is 0.727. The number of nitrogens with one attached hydrogen (secondary N) is 1. The van der Waals surface area contributed by atoms with E-state index in [1.165, 1.54) is 5.01 Å². The van der Waals surface area contributed by atoms with Crippen molar-refractivity contribution in [1.29, 1.82) is 0 Å². The predicted octanol–water partition coefficient (Wildman–Crippen LogP) is 2.32. The number of nitrogens with zero attached hydrogens (tertiary/aromatic N) is 1. The van der Waals surface area contributed by atoms with Gasteiger partial charge in [-0.15, -0.1) is 6.58 Å². The van der Waals surface area contributed by atoms with Gasteiger partial charge in [0.2, 0.25) is 0 Å². The molecule has 0 unspecified atom stereocenters. The van der Waals surface area contributed by atoms with Gasteiger partial charge in [-0.3, -0.25) is 0 Å². The number of ether oxygens (including phenoxy) is 1. The van der Waals surface area contributed by atoms with Crippen molar-refractivity contribution in [3.8, 4) is 0 Å². The summed E-state index contributed by atoms with van der Waals surface area (Å²) in [5, 5.41) is 1.37. The quantitative estimate of drug-likeness (QED) is 0.434. The van der Waals surface area contributed by atoms with Crippen molar-refractivity contribution in [2.75, 3.05) is 13.6 Å². The maximum atomic E-state index is 11.4. The van der Waals surface area contributed by atoms with Crippen LogP contribution in [0.25, 0.3) is 0 Å². The van der Waals surface area contributed by atoms with Gasteiger partial charge in [0.1, 0.15) is 5.60 Å². The van der Waals surface area contributed by atoms with Crippen molar-refractivity contribution < 1.29 is 9.53 Å². The van der Waals surface area contributed by atoms with E-state index >= 15 is 0 Å². The number of hydrogen-bond donors (Lipinski definition) is 1. The van der Waals surface area contributed by atoms with E-state index in [9.17, 15) is 4.79 Å². The van der Waals surface area contributed by atoms with Gasteiger partial charge in [-0.2, -0.15) is 0 Å². The molecule has 0 spiro atoms. The van der Waals surface area contributed by atoms with Crippen molar-refractivity contribution in [2.24, 2.45) is 0 Å². The Morgan fingerprint density at radius 3 is 2.60 bits per heavy atom. The first-order valence-corrected chi connectivity index (χ1v) is 5.18. The van der Waals surface area contributed by atoms with Crippen molar-refractivity contribution in [1.82, 2.24) is 10.4 Å². The van der Waals surface area contributed by atoms with Gasteiger partial charge < -0.3 is 4.74 Å². The highest BCUT2D eigenvalue weighted by atomic mass is 16.6. The zero-order chi connectivity index (χ0) is 11.9. The first kappa shape index (κ1) is 14.0. The molecule has 0 rings (SSSR count). The summed E-state index contributed by atoms with van der Waals surface area (Å²) < 4.78 is 5.16. The Balaban J connectivity index is 3.74. The highest BCUT2D eigenvalue weighted by Crippen LogP contribution is 2.08. The highest BCUT2D eigenvalue weighted by molar-refractivity contribution is 5.67. The van der Waals surface area contributed by atoms with Crippen LogP contribution < -0.4 is 5.43 Å². The second-order valence-electron chi connectivity index (χ2n) is 4.38. The van der Waals surface area contributed by atoms with E-state index in [1.54, 1.807) is 7.05 Å². The first-order chi connectivity index (χ1) is 6.87. The fourth-order valence-electron chi connectivity index (χ4n) is 0.888. The van der Waals surface area contributed by atoms with E-state index < -0.39 is 5.60 Å². The SMILES string of the molecule is C=CCCCNN(C)C(=O)OC(C)(C)C. The summed E-state index contributed by atoms with van der Waals surface area (Å²) in [6.45, 7) is 9.90. The molecule has 1 amide bonds. The Morgan fingerprint density at radius 1 is 1.53 bits per heavy atom. The predicted molar refractivity (Wildman–Crippen MR) is 61.4 cm³/mol. The number of unbranched alkanes of at least 4 members (excludes halogenated alkanes) is 1. The third-order valence-electron chi connectivity index (χ3n) is 1.60. The average molecular weight is 214 g/mol. The Bertz CT molecular complexity index is 209. The van der Waals surface area contributed by atoms with Crippen molar-refractivity contribution in [2.45, 2.75) is 39.2 Å². The van der Waals surface area contributed by atoms with Crippen LogP contribution in [0.4, 0.5) is 4.79 Å². The van der Waals surface area contributed by atoms with Crippen LogP contribution in [0.5, 0.6) is 0 Å². The number of hydrogen-bond acceptors (Lipinski definition) is 3. The maximum absolute atomic E-state index is 11.4. The summed E-state index contributed by atoms with van der Waals surface area (Å²) in [6.07, 6.45) is 3.39. The maximum Gasteiger partial charge on any atom is 0.424 e. The molecule has 0 radical (unpaired) electrons. The van der Waals surface area contributed by atoms with E-state index in [1.807, 2.05) is 26.8 Å². The average Bonchev–Trinajstić information content (AvgIpc) is 2.09. The van der Waals surface area contributed by atoms with E-state index in [0.717, 1.165) is 19.4 Å². The first-order valence-electron chi connectivity index (χ1n) is 5.18. The molecule has 0 heterocycles. The van der Waals surface area contributed by atoms with E-state index in [-0.39, 0.29) is 6.09 Å². The molecule has 0 saturated carbocycles.